The number of nitrogens with zero attached hydrogens (tertiary/aromatic N) is 1. The van der Waals surface area contributed by atoms with Crippen LogP contribution in [0.15, 0.2) is 0 Å². The Hall–Kier alpha value is -0.460. The van der Waals surface area contributed by atoms with Crippen molar-refractivity contribution in [2.45, 2.75) is 17.8 Å². The van der Waals surface area contributed by atoms with Crippen molar-refractivity contribution in [2.75, 3.05) is 13.1 Å². The summed E-state index contributed by atoms with van der Waals surface area (Å²) < 4.78 is 73.0. The van der Waals surface area contributed by atoms with Gasteiger partial charge in [-0.15, -0.1) is 0 Å². The molecule has 0 radical (unpaired) electrons. The summed E-state index contributed by atoms with van der Waals surface area (Å²) in [7, 11) is 0. The molecule has 0 N–H and O–H groups in total. The first-order valence-electron chi connectivity index (χ1n) is 2.97. The zero-order valence-corrected chi connectivity index (χ0v) is 5.63. The maximum Gasteiger partial charge on any atom is 0.368 e. The number of piperidine rings is 1. The number of hydrogen-bond donors (Lipinski definition) is 0. The molecule has 0 bridgehead atoms. The van der Waals surface area contributed by atoms with E-state index in [1.165, 1.54) is 0 Å². The van der Waals surface area contributed by atoms with Crippen molar-refractivity contribution in [3.8, 4) is 0 Å². The van der Waals surface area contributed by atoms with Crippen molar-refractivity contribution in [2.24, 2.45) is 0 Å². The second-order valence-electron chi connectivity index (χ2n) is 2.52. The van der Waals surface area contributed by atoms with Gasteiger partial charge in [0.15, 0.2) is 0 Å². The zero-order chi connectivity index (χ0) is 9.62. The largest absolute Gasteiger partial charge is 0.652 e. The first kappa shape index (κ1) is 9.63. The van der Waals surface area contributed by atoms with E-state index in [4.69, 9.17) is 0 Å². The molecular weight excluding hydrogens is 188 g/mol. The number of alkyl halides is 6. The molecule has 0 amide bonds. The summed E-state index contributed by atoms with van der Waals surface area (Å²) >= 11 is 0. The lowest BCUT2D eigenvalue weighted by molar-refractivity contribution is -0.307. The summed E-state index contributed by atoms with van der Waals surface area (Å²) in [4.78, 5) is 0. The Morgan fingerprint density at radius 2 is 1.08 bits per heavy atom. The zero-order valence-electron chi connectivity index (χ0n) is 5.63. The van der Waals surface area contributed by atoms with Crippen LogP contribution in [0.25, 0.3) is 5.32 Å². The Labute approximate surface area is 63.7 Å². The maximum atomic E-state index is 12.2. The van der Waals surface area contributed by atoms with Crippen molar-refractivity contribution < 1.29 is 26.3 Å². The molecule has 0 spiro atoms. The van der Waals surface area contributed by atoms with E-state index < -0.39 is 30.9 Å². The van der Waals surface area contributed by atoms with E-state index in [1.807, 2.05) is 0 Å². The number of hydrogen-bond acceptors (Lipinski definition) is 0. The predicted molar refractivity (Wildman–Crippen MR) is 27.9 cm³/mol. The highest BCUT2D eigenvalue weighted by molar-refractivity contribution is 5.12. The lowest BCUT2D eigenvalue weighted by atomic mass is 10.0. The molecule has 1 fully saturated rings. The molecular formula is C5H4F6N-. The topological polar surface area (TPSA) is 14.1 Å². The third-order valence-corrected chi connectivity index (χ3v) is 1.54. The quantitative estimate of drug-likeness (QED) is 0.523. The Morgan fingerprint density at radius 1 is 0.750 bits per heavy atom. The normalized spacial score (nSPS) is 31.5. The molecule has 0 saturated carbocycles. The van der Waals surface area contributed by atoms with E-state index in [9.17, 15) is 26.3 Å². The molecule has 0 aromatic carbocycles. The van der Waals surface area contributed by atoms with E-state index in [0.717, 1.165) is 0 Å². The van der Waals surface area contributed by atoms with Crippen molar-refractivity contribution in [3.63, 3.8) is 0 Å². The van der Waals surface area contributed by atoms with Crippen molar-refractivity contribution in [1.29, 1.82) is 0 Å². The van der Waals surface area contributed by atoms with Crippen LogP contribution in [0.5, 0.6) is 0 Å². The molecule has 0 atom stereocenters. The third kappa shape index (κ3) is 1.07. The fourth-order valence-electron chi connectivity index (χ4n) is 0.803. The van der Waals surface area contributed by atoms with Crippen molar-refractivity contribution in [1.82, 2.24) is 0 Å². The SMILES string of the molecule is FC1(F)C[N-]CC(F)(F)C1(F)F. The number of rotatable bonds is 0. The van der Waals surface area contributed by atoms with Crippen LogP contribution in [0, 0.1) is 0 Å². The third-order valence-electron chi connectivity index (χ3n) is 1.54. The van der Waals surface area contributed by atoms with Gasteiger partial charge in [-0.2, -0.15) is 8.78 Å². The molecule has 72 valence electrons. The molecule has 0 aromatic heterocycles. The highest BCUT2D eigenvalue weighted by atomic mass is 19.3. The van der Waals surface area contributed by atoms with E-state index in [1.54, 1.807) is 0 Å². The predicted octanol–water partition coefficient (Wildman–Crippen LogP) is 2.28. The van der Waals surface area contributed by atoms with Gasteiger partial charge in [-0.1, -0.05) is 13.1 Å². The molecule has 1 aliphatic heterocycles. The first-order chi connectivity index (χ1) is 5.21. The lowest BCUT2D eigenvalue weighted by Gasteiger charge is -2.44. The fourth-order valence-corrected chi connectivity index (χ4v) is 0.803. The molecule has 12 heavy (non-hydrogen) atoms. The second-order valence-corrected chi connectivity index (χ2v) is 2.52. The van der Waals surface area contributed by atoms with Crippen LogP contribution in [-0.2, 0) is 0 Å². The lowest BCUT2D eigenvalue weighted by Crippen LogP contribution is -2.60. The highest BCUT2D eigenvalue weighted by Crippen LogP contribution is 2.49. The standard InChI is InChI=1S/C5H4F6N/c6-3(7)1-12-2-4(8,9)5(3,10)11/h1-2H2/q-1. The minimum absolute atomic E-state index is 1.55. The smallest absolute Gasteiger partial charge is 0.368 e. The molecule has 0 aromatic rings. The fraction of sp³-hybridized carbons (Fsp3) is 1.00. The minimum Gasteiger partial charge on any atom is -0.652 e. The summed E-state index contributed by atoms with van der Waals surface area (Å²) in [5.41, 5.74) is 0. The molecule has 0 aliphatic carbocycles. The van der Waals surface area contributed by atoms with E-state index in [0.29, 0.717) is 0 Å². The maximum absolute atomic E-state index is 12.2. The molecule has 1 rings (SSSR count). The van der Waals surface area contributed by atoms with Gasteiger partial charge in [-0.05, 0) is 0 Å². The van der Waals surface area contributed by atoms with Gasteiger partial charge in [0.25, 0.3) is 11.8 Å². The van der Waals surface area contributed by atoms with Gasteiger partial charge in [0.05, 0.1) is 0 Å². The van der Waals surface area contributed by atoms with Crippen LogP contribution >= 0.6 is 0 Å². The Kier molecular flexibility index (Phi) is 1.82. The second kappa shape index (κ2) is 2.27. The van der Waals surface area contributed by atoms with Crippen LogP contribution in [0.1, 0.15) is 0 Å². The minimum atomic E-state index is -5.29. The summed E-state index contributed by atoms with van der Waals surface area (Å²) in [6.07, 6.45) is 0. The van der Waals surface area contributed by atoms with Crippen LogP contribution in [0.3, 0.4) is 0 Å². The van der Waals surface area contributed by atoms with Crippen LogP contribution in [0.4, 0.5) is 26.3 Å². The van der Waals surface area contributed by atoms with Gasteiger partial charge in [0.2, 0.25) is 0 Å². The van der Waals surface area contributed by atoms with Crippen LogP contribution in [-0.4, -0.2) is 30.9 Å². The van der Waals surface area contributed by atoms with Gasteiger partial charge in [0.1, 0.15) is 0 Å². The van der Waals surface area contributed by atoms with Crippen molar-refractivity contribution >= 4 is 0 Å². The van der Waals surface area contributed by atoms with E-state index in [-0.39, 0.29) is 0 Å². The molecule has 1 aliphatic rings. The Balaban J connectivity index is 2.99. The molecule has 0 unspecified atom stereocenters. The van der Waals surface area contributed by atoms with E-state index >= 15 is 0 Å². The molecule has 1 heterocycles. The van der Waals surface area contributed by atoms with E-state index in [2.05, 4.69) is 5.32 Å². The number of halogens is 6. The van der Waals surface area contributed by atoms with Gasteiger partial charge in [-0.3, -0.25) is 0 Å². The van der Waals surface area contributed by atoms with Gasteiger partial charge >= 0.3 is 5.92 Å². The van der Waals surface area contributed by atoms with Crippen molar-refractivity contribution in [3.05, 3.63) is 5.32 Å². The Morgan fingerprint density at radius 3 is 1.33 bits per heavy atom. The summed E-state index contributed by atoms with van der Waals surface area (Å²) in [5, 5.41) is 2.60. The average molecular weight is 192 g/mol. The van der Waals surface area contributed by atoms with Gasteiger partial charge < -0.3 is 5.32 Å². The highest BCUT2D eigenvalue weighted by Gasteiger charge is 2.69. The average Bonchev–Trinajstić information content (AvgIpc) is 1.83. The molecule has 1 nitrogen and oxygen atoms in total. The summed E-state index contributed by atoms with van der Waals surface area (Å²) in [6, 6.07) is 0. The molecule has 7 heteroatoms. The first-order valence-corrected chi connectivity index (χ1v) is 2.97. The molecule has 1 saturated heterocycles. The van der Waals surface area contributed by atoms with Gasteiger partial charge in [-0.25, -0.2) is 17.6 Å². The van der Waals surface area contributed by atoms with Crippen LogP contribution < -0.4 is 0 Å². The summed E-state index contributed by atoms with van der Waals surface area (Å²) in [6.45, 7) is -3.09. The van der Waals surface area contributed by atoms with Gasteiger partial charge in [0, 0.05) is 0 Å². The Bertz CT molecular complexity index is 170. The van der Waals surface area contributed by atoms with Crippen LogP contribution in [0.2, 0.25) is 0 Å². The monoisotopic (exact) mass is 192 g/mol. The summed E-state index contributed by atoms with van der Waals surface area (Å²) in [5.74, 6) is -14.8.